The van der Waals surface area contributed by atoms with Crippen LogP contribution in [0.5, 0.6) is 5.75 Å². The van der Waals surface area contributed by atoms with Gasteiger partial charge >= 0.3 is 0 Å². The number of anilines is 1. The molecule has 2 aromatic carbocycles. The van der Waals surface area contributed by atoms with Gasteiger partial charge in [-0.1, -0.05) is 36.2 Å². The van der Waals surface area contributed by atoms with Gasteiger partial charge in [-0.05, 0) is 76.1 Å². The Morgan fingerprint density at radius 1 is 1.07 bits per heavy atom. The van der Waals surface area contributed by atoms with E-state index in [9.17, 15) is 9.90 Å². The van der Waals surface area contributed by atoms with E-state index >= 15 is 0 Å². The van der Waals surface area contributed by atoms with Gasteiger partial charge in [0, 0.05) is 51.9 Å². The largest absolute Gasteiger partial charge is 0.490 e. The van der Waals surface area contributed by atoms with Gasteiger partial charge in [0.1, 0.15) is 5.75 Å². The summed E-state index contributed by atoms with van der Waals surface area (Å²) in [5.41, 5.74) is 2.49. The molecule has 1 N–H and O–H groups in total. The van der Waals surface area contributed by atoms with Crippen LogP contribution in [0.15, 0.2) is 36.4 Å². The van der Waals surface area contributed by atoms with Crippen LogP contribution in [0.4, 0.5) is 5.69 Å². The molecule has 40 heavy (non-hydrogen) atoms. The summed E-state index contributed by atoms with van der Waals surface area (Å²) in [5.74, 6) is 0.439. The average Bonchev–Trinajstić information content (AvgIpc) is 2.91. The first-order valence-electron chi connectivity index (χ1n) is 14.1. The maximum Gasteiger partial charge on any atom is 0.258 e. The van der Waals surface area contributed by atoms with E-state index in [0.717, 1.165) is 30.5 Å². The van der Waals surface area contributed by atoms with E-state index in [4.69, 9.17) is 32.7 Å². The third-order valence-corrected chi connectivity index (χ3v) is 8.22. The van der Waals surface area contributed by atoms with E-state index in [1.807, 2.05) is 69.2 Å². The van der Waals surface area contributed by atoms with Crippen LogP contribution in [0, 0.1) is 5.92 Å². The molecule has 1 amide bonds. The minimum Gasteiger partial charge on any atom is -0.490 e. The number of halogens is 2. The van der Waals surface area contributed by atoms with Gasteiger partial charge in [-0.3, -0.25) is 9.69 Å². The maximum absolute atomic E-state index is 14.1. The second-order valence-electron chi connectivity index (χ2n) is 11.3. The summed E-state index contributed by atoms with van der Waals surface area (Å²) in [6.45, 7) is 8.33. The molecule has 1 aliphatic rings. The van der Waals surface area contributed by atoms with Crippen molar-refractivity contribution in [3.8, 4) is 5.75 Å². The van der Waals surface area contributed by atoms with Crippen LogP contribution in [-0.4, -0.2) is 86.5 Å². The molecule has 0 fully saturated rings. The molecule has 0 spiro atoms. The van der Waals surface area contributed by atoms with Crippen LogP contribution in [-0.2, 0) is 11.3 Å². The van der Waals surface area contributed by atoms with Gasteiger partial charge in [0.25, 0.3) is 5.91 Å². The molecule has 0 radical (unpaired) electrons. The van der Waals surface area contributed by atoms with Gasteiger partial charge in [0.05, 0.1) is 40.5 Å². The van der Waals surface area contributed by atoms with Crippen molar-refractivity contribution in [1.29, 1.82) is 0 Å². The number of nitrogens with zero attached hydrogens (tertiary/aromatic N) is 3. The van der Waals surface area contributed by atoms with Crippen LogP contribution in [0.3, 0.4) is 0 Å². The number of aliphatic hydroxyl groups is 1. The van der Waals surface area contributed by atoms with E-state index in [-0.39, 0.29) is 36.7 Å². The predicted octanol–water partition coefficient (Wildman–Crippen LogP) is 5.99. The molecule has 2 aromatic rings. The first-order valence-corrected chi connectivity index (χ1v) is 14.9. The number of amides is 1. The Labute approximate surface area is 249 Å². The van der Waals surface area contributed by atoms with Crippen LogP contribution in [0.25, 0.3) is 0 Å². The summed E-state index contributed by atoms with van der Waals surface area (Å²) in [7, 11) is 5.96. The topological polar surface area (TPSA) is 65.5 Å². The molecule has 0 bridgehead atoms. The zero-order valence-corrected chi connectivity index (χ0v) is 26.2. The molecule has 0 aliphatic carbocycles. The van der Waals surface area contributed by atoms with E-state index in [1.165, 1.54) is 0 Å². The molecule has 0 saturated heterocycles. The van der Waals surface area contributed by atoms with Crippen molar-refractivity contribution in [3.63, 3.8) is 0 Å². The van der Waals surface area contributed by atoms with E-state index in [2.05, 4.69) is 18.9 Å². The van der Waals surface area contributed by atoms with Crippen LogP contribution in [0.2, 0.25) is 10.0 Å². The lowest BCUT2D eigenvalue weighted by atomic mass is 10.0. The van der Waals surface area contributed by atoms with Crippen molar-refractivity contribution in [1.82, 2.24) is 9.80 Å². The molecular formula is C31H45Cl2N3O4. The zero-order chi connectivity index (χ0) is 29.4. The monoisotopic (exact) mass is 593 g/mol. The number of aliphatic hydroxyl groups excluding tert-OH is 1. The minimum atomic E-state index is -0.370. The number of carbonyl (C=O) groups is 1. The Kier molecular flexibility index (Phi) is 12.4. The highest BCUT2D eigenvalue weighted by Gasteiger charge is 2.30. The van der Waals surface area contributed by atoms with Gasteiger partial charge in [-0.15, -0.1) is 0 Å². The highest BCUT2D eigenvalue weighted by molar-refractivity contribution is 6.42. The Hall–Kier alpha value is -2.03. The van der Waals surface area contributed by atoms with Gasteiger partial charge in [0.2, 0.25) is 0 Å². The van der Waals surface area contributed by atoms with Crippen molar-refractivity contribution in [2.24, 2.45) is 5.92 Å². The lowest BCUT2D eigenvalue weighted by Crippen LogP contribution is -2.47. The van der Waals surface area contributed by atoms with Crippen molar-refractivity contribution < 1.29 is 19.4 Å². The Morgan fingerprint density at radius 3 is 2.50 bits per heavy atom. The molecule has 1 heterocycles. The van der Waals surface area contributed by atoms with E-state index < -0.39 is 0 Å². The molecule has 9 heteroatoms. The standard InChI is InChI=1S/C31H45Cl2N3O4/c1-21-17-36(22(2)20-37)31(38)26-16-25(34(4)5)11-13-29(26)40-23(3)9-7-8-14-39-30(21)19-35(6)18-24-10-12-27(32)28(33)15-24/h10-13,15-16,21-23,30,37H,7-9,14,17-20H2,1-6H3/t21-,22-,23+,30+/m0/s1. The summed E-state index contributed by atoms with van der Waals surface area (Å²) in [6, 6.07) is 11.1. The molecule has 4 atom stereocenters. The van der Waals surface area contributed by atoms with Gasteiger partial charge in [-0.2, -0.15) is 0 Å². The van der Waals surface area contributed by atoms with Crippen molar-refractivity contribution in [2.75, 3.05) is 52.3 Å². The smallest absolute Gasteiger partial charge is 0.258 e. The number of benzene rings is 2. The van der Waals surface area contributed by atoms with Crippen LogP contribution >= 0.6 is 23.2 Å². The van der Waals surface area contributed by atoms with Crippen LogP contribution in [0.1, 0.15) is 56.0 Å². The first kappa shape index (κ1) is 32.5. The SMILES string of the molecule is C[C@@H]1CCCCO[C@H](CN(C)Cc2ccc(Cl)c(Cl)c2)[C@@H](C)CN([C@@H](C)CO)C(=O)c2cc(N(C)C)ccc2O1. The van der Waals surface area contributed by atoms with Crippen molar-refractivity contribution in [3.05, 3.63) is 57.6 Å². The maximum atomic E-state index is 14.1. The Balaban J connectivity index is 1.89. The highest BCUT2D eigenvalue weighted by atomic mass is 35.5. The number of fused-ring (bicyclic) bond motifs is 1. The summed E-state index contributed by atoms with van der Waals surface area (Å²) in [4.78, 5) is 20.0. The Bertz CT molecular complexity index is 1120. The number of likely N-dealkylation sites (N-methyl/N-ethyl adjacent to an activating group) is 1. The summed E-state index contributed by atoms with van der Waals surface area (Å²) >= 11 is 12.3. The number of hydrogen-bond acceptors (Lipinski definition) is 6. The average molecular weight is 595 g/mol. The quantitative estimate of drug-likeness (QED) is 0.425. The van der Waals surface area contributed by atoms with Gasteiger partial charge in [-0.25, -0.2) is 0 Å². The lowest BCUT2D eigenvalue weighted by molar-refractivity contribution is -0.0177. The van der Waals surface area contributed by atoms with E-state index in [0.29, 0.717) is 47.6 Å². The molecule has 7 nitrogen and oxygen atoms in total. The second-order valence-corrected chi connectivity index (χ2v) is 12.1. The first-order chi connectivity index (χ1) is 19.0. The predicted molar refractivity (Wildman–Crippen MR) is 164 cm³/mol. The second kappa shape index (κ2) is 15.3. The van der Waals surface area contributed by atoms with Crippen molar-refractivity contribution in [2.45, 2.75) is 64.8 Å². The third-order valence-electron chi connectivity index (χ3n) is 7.48. The molecule has 222 valence electrons. The van der Waals surface area contributed by atoms with Crippen molar-refractivity contribution >= 4 is 34.8 Å². The normalized spacial score (nSPS) is 21.9. The number of hydrogen-bond donors (Lipinski definition) is 1. The number of ether oxygens (including phenoxy) is 2. The zero-order valence-electron chi connectivity index (χ0n) is 24.7. The third kappa shape index (κ3) is 8.98. The molecule has 3 rings (SSSR count). The van der Waals surface area contributed by atoms with Gasteiger partial charge in [0.15, 0.2) is 0 Å². The fraction of sp³-hybridized carbons (Fsp3) is 0.581. The number of carbonyl (C=O) groups excluding carboxylic acids is 1. The summed E-state index contributed by atoms with van der Waals surface area (Å²) in [6.07, 6.45) is 2.60. The van der Waals surface area contributed by atoms with Gasteiger partial charge < -0.3 is 24.4 Å². The molecule has 0 aromatic heterocycles. The molecule has 0 unspecified atom stereocenters. The lowest BCUT2D eigenvalue weighted by Gasteiger charge is -2.36. The summed E-state index contributed by atoms with van der Waals surface area (Å²) < 4.78 is 12.8. The molecule has 0 saturated carbocycles. The Morgan fingerprint density at radius 2 is 1.82 bits per heavy atom. The number of rotatable bonds is 7. The minimum absolute atomic E-state index is 0.0115. The fourth-order valence-electron chi connectivity index (χ4n) is 4.97. The molecular weight excluding hydrogens is 549 g/mol. The van der Waals surface area contributed by atoms with E-state index in [1.54, 1.807) is 4.90 Å². The highest BCUT2D eigenvalue weighted by Crippen LogP contribution is 2.29. The van der Waals surface area contributed by atoms with Crippen LogP contribution < -0.4 is 9.64 Å². The fourth-order valence-corrected chi connectivity index (χ4v) is 5.29. The molecule has 1 aliphatic heterocycles. The summed E-state index contributed by atoms with van der Waals surface area (Å²) in [5, 5.41) is 11.2.